The molecule has 1 aromatic rings. The summed E-state index contributed by atoms with van der Waals surface area (Å²) in [5, 5.41) is 0.196. The maximum atomic E-state index is 13.4. The Morgan fingerprint density at radius 1 is 1.36 bits per heavy atom. The van der Waals surface area contributed by atoms with Crippen molar-refractivity contribution < 1.29 is 9.18 Å². The molecule has 1 fully saturated rings. The van der Waals surface area contributed by atoms with Gasteiger partial charge in [-0.1, -0.05) is 23.2 Å². The molecule has 0 spiro atoms. The topological polar surface area (TPSA) is 17.1 Å². The number of carbonyl (C=O) groups excluding carboxylic acids is 1. The van der Waals surface area contributed by atoms with Crippen LogP contribution >= 0.6 is 23.2 Å². The molecular formula is C10H7Cl2FO. The van der Waals surface area contributed by atoms with Crippen LogP contribution in [0.3, 0.4) is 0 Å². The fourth-order valence-corrected chi connectivity index (χ4v) is 1.79. The van der Waals surface area contributed by atoms with E-state index in [9.17, 15) is 9.18 Å². The van der Waals surface area contributed by atoms with Crippen LogP contribution in [0.1, 0.15) is 23.2 Å². The van der Waals surface area contributed by atoms with Crippen molar-refractivity contribution in [2.45, 2.75) is 12.8 Å². The van der Waals surface area contributed by atoms with Gasteiger partial charge >= 0.3 is 0 Å². The molecule has 0 N–H and O–H groups in total. The van der Waals surface area contributed by atoms with Crippen LogP contribution in [0.2, 0.25) is 10.0 Å². The Morgan fingerprint density at radius 2 is 2.00 bits per heavy atom. The van der Waals surface area contributed by atoms with Crippen molar-refractivity contribution in [3.8, 4) is 0 Å². The highest BCUT2D eigenvalue weighted by molar-refractivity contribution is 6.35. The molecule has 1 saturated carbocycles. The third-order valence-electron chi connectivity index (χ3n) is 2.21. The summed E-state index contributed by atoms with van der Waals surface area (Å²) in [6.07, 6.45) is 1.67. The Labute approximate surface area is 90.8 Å². The number of ketones is 1. The van der Waals surface area contributed by atoms with E-state index in [-0.39, 0.29) is 22.3 Å². The first kappa shape index (κ1) is 9.94. The van der Waals surface area contributed by atoms with Gasteiger partial charge in [0.05, 0.1) is 10.6 Å². The molecule has 74 valence electrons. The van der Waals surface area contributed by atoms with Gasteiger partial charge in [-0.2, -0.15) is 0 Å². The molecule has 2 rings (SSSR count). The summed E-state index contributed by atoms with van der Waals surface area (Å²) in [5.74, 6) is -0.876. The van der Waals surface area contributed by atoms with E-state index in [1.165, 1.54) is 12.1 Å². The molecule has 0 amide bonds. The molecule has 4 heteroatoms. The number of carbonyl (C=O) groups is 1. The van der Waals surface area contributed by atoms with E-state index in [4.69, 9.17) is 23.2 Å². The molecule has 14 heavy (non-hydrogen) atoms. The highest BCUT2D eigenvalue weighted by Gasteiger charge is 2.32. The summed E-state index contributed by atoms with van der Waals surface area (Å²) in [6, 6.07) is 2.63. The molecular weight excluding hydrogens is 226 g/mol. The van der Waals surface area contributed by atoms with E-state index >= 15 is 0 Å². The maximum Gasteiger partial charge on any atom is 0.168 e. The van der Waals surface area contributed by atoms with Crippen molar-refractivity contribution in [3.63, 3.8) is 0 Å². The quantitative estimate of drug-likeness (QED) is 0.561. The van der Waals surface area contributed by atoms with E-state index in [0.29, 0.717) is 5.02 Å². The van der Waals surface area contributed by atoms with E-state index < -0.39 is 5.82 Å². The average molecular weight is 233 g/mol. The Morgan fingerprint density at radius 3 is 2.57 bits per heavy atom. The maximum absolute atomic E-state index is 13.4. The fourth-order valence-electron chi connectivity index (χ4n) is 1.30. The predicted octanol–water partition coefficient (Wildman–Crippen LogP) is 3.73. The molecule has 0 aromatic heterocycles. The van der Waals surface area contributed by atoms with Crippen molar-refractivity contribution >= 4 is 29.0 Å². The zero-order chi connectivity index (χ0) is 10.3. The lowest BCUT2D eigenvalue weighted by atomic mass is 10.1. The number of rotatable bonds is 2. The Bertz CT molecular complexity index is 399. The lowest BCUT2D eigenvalue weighted by molar-refractivity contribution is 0.0963. The van der Waals surface area contributed by atoms with Crippen molar-refractivity contribution in [1.29, 1.82) is 0 Å². The molecule has 1 aliphatic rings. The predicted molar refractivity (Wildman–Crippen MR) is 53.5 cm³/mol. The molecule has 0 aliphatic heterocycles. The summed E-state index contributed by atoms with van der Waals surface area (Å²) in [4.78, 5) is 11.6. The van der Waals surface area contributed by atoms with E-state index in [1.54, 1.807) is 0 Å². The van der Waals surface area contributed by atoms with Crippen LogP contribution in [0, 0.1) is 11.7 Å². The highest BCUT2D eigenvalue weighted by atomic mass is 35.5. The Hall–Kier alpha value is -0.600. The molecule has 0 heterocycles. The average Bonchev–Trinajstić information content (AvgIpc) is 2.93. The second-order valence-electron chi connectivity index (χ2n) is 3.39. The molecule has 0 bridgehead atoms. The van der Waals surface area contributed by atoms with Crippen LogP contribution in [0.4, 0.5) is 4.39 Å². The molecule has 0 saturated heterocycles. The van der Waals surface area contributed by atoms with Gasteiger partial charge in [-0.05, 0) is 25.0 Å². The van der Waals surface area contributed by atoms with E-state index in [0.717, 1.165) is 12.8 Å². The fraction of sp³-hybridized carbons (Fsp3) is 0.300. The van der Waals surface area contributed by atoms with Gasteiger partial charge < -0.3 is 0 Å². The lowest BCUT2D eigenvalue weighted by Crippen LogP contribution is -2.04. The van der Waals surface area contributed by atoms with Gasteiger partial charge in [0.1, 0.15) is 0 Å². The Kier molecular flexibility index (Phi) is 2.50. The van der Waals surface area contributed by atoms with E-state index in [1.807, 2.05) is 0 Å². The summed E-state index contributed by atoms with van der Waals surface area (Å²) in [5.41, 5.74) is 0.0185. The molecule has 0 unspecified atom stereocenters. The van der Waals surface area contributed by atoms with Crippen LogP contribution in [0.15, 0.2) is 12.1 Å². The smallest absolute Gasteiger partial charge is 0.168 e. The molecule has 1 aromatic carbocycles. The summed E-state index contributed by atoms with van der Waals surface area (Å²) >= 11 is 11.3. The van der Waals surface area contributed by atoms with Crippen molar-refractivity contribution in [3.05, 3.63) is 33.6 Å². The first-order valence-corrected chi connectivity index (χ1v) is 5.04. The van der Waals surface area contributed by atoms with Gasteiger partial charge in [0.2, 0.25) is 0 Å². The van der Waals surface area contributed by atoms with Crippen LogP contribution in [0.5, 0.6) is 0 Å². The van der Waals surface area contributed by atoms with E-state index in [2.05, 4.69) is 0 Å². The van der Waals surface area contributed by atoms with Gasteiger partial charge in [-0.3, -0.25) is 4.79 Å². The van der Waals surface area contributed by atoms with Crippen LogP contribution in [-0.4, -0.2) is 5.78 Å². The highest BCUT2D eigenvalue weighted by Crippen LogP contribution is 2.35. The van der Waals surface area contributed by atoms with Gasteiger partial charge in [-0.25, -0.2) is 4.39 Å². The molecule has 1 aliphatic carbocycles. The van der Waals surface area contributed by atoms with Gasteiger partial charge in [-0.15, -0.1) is 0 Å². The minimum absolute atomic E-state index is 0.0185. The monoisotopic (exact) mass is 232 g/mol. The summed E-state index contributed by atoms with van der Waals surface area (Å²) in [7, 11) is 0. The first-order chi connectivity index (χ1) is 6.59. The van der Waals surface area contributed by atoms with Gasteiger partial charge in [0.15, 0.2) is 11.6 Å². The first-order valence-electron chi connectivity index (χ1n) is 4.28. The van der Waals surface area contributed by atoms with Crippen molar-refractivity contribution in [2.24, 2.45) is 5.92 Å². The zero-order valence-electron chi connectivity index (χ0n) is 7.19. The van der Waals surface area contributed by atoms with Crippen LogP contribution in [0.25, 0.3) is 0 Å². The van der Waals surface area contributed by atoms with Crippen LogP contribution in [-0.2, 0) is 0 Å². The number of hydrogen-bond acceptors (Lipinski definition) is 1. The zero-order valence-corrected chi connectivity index (χ0v) is 8.70. The number of Topliss-reactive ketones (excluding diaryl/α,β-unsaturated/α-hetero) is 1. The minimum atomic E-state index is -0.659. The normalized spacial score (nSPS) is 15.6. The third kappa shape index (κ3) is 1.77. The molecule has 0 radical (unpaired) electrons. The largest absolute Gasteiger partial charge is 0.294 e. The number of benzene rings is 1. The number of halogens is 3. The van der Waals surface area contributed by atoms with Crippen molar-refractivity contribution in [2.75, 3.05) is 0 Å². The second kappa shape index (κ2) is 3.52. The standard InChI is InChI=1S/C10H7Cl2FO/c11-6-3-7(9(13)8(12)4-6)10(14)5-1-2-5/h3-5H,1-2H2. The van der Waals surface area contributed by atoms with Crippen LogP contribution < -0.4 is 0 Å². The minimum Gasteiger partial charge on any atom is -0.294 e. The summed E-state index contributed by atoms with van der Waals surface area (Å²) in [6.45, 7) is 0. The second-order valence-corrected chi connectivity index (χ2v) is 4.23. The Balaban J connectivity index is 2.45. The lowest BCUT2D eigenvalue weighted by Gasteiger charge is -2.03. The van der Waals surface area contributed by atoms with Crippen molar-refractivity contribution in [1.82, 2.24) is 0 Å². The molecule has 1 nitrogen and oxygen atoms in total. The molecule has 0 atom stereocenters. The third-order valence-corrected chi connectivity index (χ3v) is 2.70. The van der Waals surface area contributed by atoms with Gasteiger partial charge in [0, 0.05) is 10.9 Å². The summed E-state index contributed by atoms with van der Waals surface area (Å²) < 4.78 is 13.4. The number of hydrogen-bond donors (Lipinski definition) is 0. The SMILES string of the molecule is O=C(c1cc(Cl)cc(Cl)c1F)C1CC1. The van der Waals surface area contributed by atoms with Gasteiger partial charge in [0.25, 0.3) is 0 Å².